The van der Waals surface area contributed by atoms with E-state index in [1.165, 1.54) is 12.5 Å². The summed E-state index contributed by atoms with van der Waals surface area (Å²) in [4.78, 5) is 6.35. The number of hydrogen-bond donors (Lipinski definition) is 1. The number of piperidine rings is 1. The number of hydrogen-bond acceptors (Lipinski definition) is 1. The first-order valence-corrected chi connectivity index (χ1v) is 6.95. The fourth-order valence-corrected chi connectivity index (χ4v) is 2.46. The molecule has 0 radical (unpaired) electrons. The lowest BCUT2D eigenvalue weighted by atomic mass is 10.1. The van der Waals surface area contributed by atoms with Crippen LogP contribution in [0.2, 0.25) is 0 Å². The van der Waals surface area contributed by atoms with Crippen LogP contribution in [0.4, 0.5) is 4.39 Å². The van der Waals surface area contributed by atoms with Crippen molar-refractivity contribution in [2.75, 3.05) is 13.1 Å². The van der Waals surface area contributed by atoms with Gasteiger partial charge in [-0.3, -0.25) is 0 Å². The van der Waals surface area contributed by atoms with Crippen molar-refractivity contribution in [2.24, 2.45) is 10.7 Å². The van der Waals surface area contributed by atoms with Gasteiger partial charge >= 0.3 is 0 Å². The van der Waals surface area contributed by atoms with E-state index in [1.54, 1.807) is 12.1 Å². The van der Waals surface area contributed by atoms with E-state index in [4.69, 9.17) is 5.73 Å². The van der Waals surface area contributed by atoms with Gasteiger partial charge in [-0.15, -0.1) is 0 Å². The Morgan fingerprint density at radius 1 is 1.33 bits per heavy atom. The second-order valence-electron chi connectivity index (χ2n) is 4.46. The Labute approximate surface area is 115 Å². The van der Waals surface area contributed by atoms with Crippen LogP contribution in [-0.4, -0.2) is 23.9 Å². The lowest BCUT2D eigenvalue weighted by molar-refractivity contribution is 0.338. The van der Waals surface area contributed by atoms with Gasteiger partial charge in [0.15, 0.2) is 5.96 Å². The molecule has 0 aromatic heterocycles. The van der Waals surface area contributed by atoms with Gasteiger partial charge in [-0.2, -0.15) is 0 Å². The van der Waals surface area contributed by atoms with E-state index in [1.807, 2.05) is 0 Å². The maximum Gasteiger partial charge on any atom is 0.191 e. The van der Waals surface area contributed by atoms with Gasteiger partial charge in [0.2, 0.25) is 0 Å². The number of guanidine groups is 1. The summed E-state index contributed by atoms with van der Waals surface area (Å²) in [7, 11) is 0. The molecule has 1 heterocycles. The highest BCUT2D eigenvalue weighted by Crippen LogP contribution is 2.16. The molecule has 1 aliphatic rings. The number of benzene rings is 1. The first kappa shape index (κ1) is 13.3. The van der Waals surface area contributed by atoms with Crippen molar-refractivity contribution in [3.05, 3.63) is 34.1 Å². The van der Waals surface area contributed by atoms with Crippen LogP contribution >= 0.6 is 15.9 Å². The maximum atomic E-state index is 13.5. The molecule has 0 aliphatic carbocycles. The Hall–Kier alpha value is -1.10. The normalized spacial score (nSPS) is 17.0. The van der Waals surface area contributed by atoms with Crippen LogP contribution in [0.15, 0.2) is 27.7 Å². The largest absolute Gasteiger partial charge is 0.370 e. The summed E-state index contributed by atoms with van der Waals surface area (Å²) in [5, 5.41) is 0. The third kappa shape index (κ3) is 3.45. The van der Waals surface area contributed by atoms with E-state index in [2.05, 4.69) is 25.8 Å². The van der Waals surface area contributed by atoms with Crippen molar-refractivity contribution in [1.29, 1.82) is 0 Å². The Kier molecular flexibility index (Phi) is 4.58. The molecule has 0 spiro atoms. The van der Waals surface area contributed by atoms with Crippen molar-refractivity contribution in [2.45, 2.75) is 25.8 Å². The fraction of sp³-hybridized carbons (Fsp3) is 0.462. The Morgan fingerprint density at radius 2 is 2.06 bits per heavy atom. The van der Waals surface area contributed by atoms with Crippen LogP contribution in [0.5, 0.6) is 0 Å². The molecule has 0 saturated carbocycles. The van der Waals surface area contributed by atoms with Crippen LogP contribution in [0.1, 0.15) is 24.8 Å². The maximum absolute atomic E-state index is 13.5. The molecule has 0 atom stereocenters. The highest BCUT2D eigenvalue weighted by atomic mass is 79.9. The molecule has 1 aliphatic heterocycles. The monoisotopic (exact) mass is 313 g/mol. The highest BCUT2D eigenvalue weighted by Gasteiger charge is 2.12. The standard InChI is InChI=1S/C13H17BrFN3/c14-11-4-5-12(15)10(8-11)9-17-13(16)18-6-2-1-3-7-18/h4-5,8H,1-3,6-7,9H2,(H2,16,17). The van der Waals surface area contributed by atoms with Crippen molar-refractivity contribution < 1.29 is 4.39 Å². The number of aliphatic imine (C=N–C) groups is 1. The van der Waals surface area contributed by atoms with Crippen LogP contribution in [0, 0.1) is 5.82 Å². The van der Waals surface area contributed by atoms with E-state index in [0.717, 1.165) is 30.4 Å². The molecule has 1 fully saturated rings. The molecule has 1 aromatic carbocycles. The zero-order chi connectivity index (χ0) is 13.0. The minimum Gasteiger partial charge on any atom is -0.370 e. The van der Waals surface area contributed by atoms with Crippen molar-refractivity contribution in [3.63, 3.8) is 0 Å². The number of rotatable bonds is 2. The molecule has 2 rings (SSSR count). The number of nitrogens with two attached hydrogens (primary N) is 1. The average Bonchev–Trinajstić information content (AvgIpc) is 2.40. The van der Waals surface area contributed by atoms with Gasteiger partial charge < -0.3 is 10.6 Å². The van der Waals surface area contributed by atoms with E-state index in [0.29, 0.717) is 11.5 Å². The number of nitrogens with zero attached hydrogens (tertiary/aromatic N) is 2. The third-order valence-electron chi connectivity index (χ3n) is 3.10. The minimum atomic E-state index is -0.242. The summed E-state index contributed by atoms with van der Waals surface area (Å²) in [6, 6.07) is 4.85. The Balaban J connectivity index is 2.02. The topological polar surface area (TPSA) is 41.6 Å². The van der Waals surface area contributed by atoms with E-state index >= 15 is 0 Å². The average molecular weight is 314 g/mol. The zero-order valence-electron chi connectivity index (χ0n) is 10.2. The first-order valence-electron chi connectivity index (χ1n) is 6.15. The van der Waals surface area contributed by atoms with Crippen LogP contribution in [-0.2, 0) is 6.54 Å². The summed E-state index contributed by atoms with van der Waals surface area (Å²) in [6.45, 7) is 2.19. The van der Waals surface area contributed by atoms with Crippen LogP contribution in [0.25, 0.3) is 0 Å². The first-order chi connectivity index (χ1) is 8.66. The Bertz CT molecular complexity index is 442. The lowest BCUT2D eigenvalue weighted by Crippen LogP contribution is -2.40. The molecule has 5 heteroatoms. The summed E-state index contributed by atoms with van der Waals surface area (Å²) in [5.74, 6) is 0.280. The summed E-state index contributed by atoms with van der Waals surface area (Å²) in [6.07, 6.45) is 3.56. The lowest BCUT2D eigenvalue weighted by Gasteiger charge is -2.27. The smallest absolute Gasteiger partial charge is 0.191 e. The second-order valence-corrected chi connectivity index (χ2v) is 5.37. The second kappa shape index (κ2) is 6.18. The SMILES string of the molecule is NC(=NCc1cc(Br)ccc1F)N1CCCCC1. The van der Waals surface area contributed by atoms with Crippen LogP contribution in [0.3, 0.4) is 0 Å². The molecule has 3 nitrogen and oxygen atoms in total. The molecule has 1 saturated heterocycles. The third-order valence-corrected chi connectivity index (χ3v) is 3.59. The van der Waals surface area contributed by atoms with Crippen molar-refractivity contribution in [1.82, 2.24) is 4.90 Å². The molecule has 0 unspecified atom stereocenters. The van der Waals surface area contributed by atoms with Gasteiger partial charge in [-0.1, -0.05) is 15.9 Å². The number of halogens is 2. The van der Waals surface area contributed by atoms with Gasteiger partial charge in [0, 0.05) is 23.1 Å². The van der Waals surface area contributed by atoms with E-state index in [-0.39, 0.29) is 12.4 Å². The molecule has 98 valence electrons. The van der Waals surface area contributed by atoms with Crippen molar-refractivity contribution in [3.8, 4) is 0 Å². The molecule has 2 N–H and O–H groups in total. The Morgan fingerprint density at radius 3 is 2.78 bits per heavy atom. The summed E-state index contributed by atoms with van der Waals surface area (Å²) >= 11 is 3.32. The predicted octanol–water partition coefficient (Wildman–Crippen LogP) is 2.89. The van der Waals surface area contributed by atoms with Gasteiger partial charge in [-0.05, 0) is 37.5 Å². The number of likely N-dealkylation sites (tertiary alicyclic amines) is 1. The van der Waals surface area contributed by atoms with Gasteiger partial charge in [0.05, 0.1) is 6.54 Å². The summed E-state index contributed by atoms with van der Waals surface area (Å²) in [5.41, 5.74) is 6.49. The van der Waals surface area contributed by atoms with Gasteiger partial charge in [-0.25, -0.2) is 9.38 Å². The minimum absolute atomic E-state index is 0.242. The quantitative estimate of drug-likeness (QED) is 0.674. The van der Waals surface area contributed by atoms with Crippen molar-refractivity contribution >= 4 is 21.9 Å². The predicted molar refractivity (Wildman–Crippen MR) is 74.9 cm³/mol. The zero-order valence-corrected chi connectivity index (χ0v) is 11.8. The molecular formula is C13H17BrFN3. The van der Waals surface area contributed by atoms with E-state index < -0.39 is 0 Å². The molecule has 1 aromatic rings. The molecule has 0 amide bonds. The fourth-order valence-electron chi connectivity index (χ4n) is 2.05. The van der Waals surface area contributed by atoms with E-state index in [9.17, 15) is 4.39 Å². The molecular weight excluding hydrogens is 297 g/mol. The van der Waals surface area contributed by atoms with Gasteiger partial charge in [0.1, 0.15) is 5.82 Å². The van der Waals surface area contributed by atoms with Gasteiger partial charge in [0.25, 0.3) is 0 Å². The van der Waals surface area contributed by atoms with Crippen LogP contribution < -0.4 is 5.73 Å². The molecule has 18 heavy (non-hydrogen) atoms. The molecule has 0 bridgehead atoms. The summed E-state index contributed by atoms with van der Waals surface area (Å²) < 4.78 is 14.4. The highest BCUT2D eigenvalue weighted by molar-refractivity contribution is 9.10.